The highest BCUT2D eigenvalue weighted by molar-refractivity contribution is 7.73. The molecule has 1 aromatic carbocycles. The fraction of sp³-hybridized carbons (Fsp3) is 0. The lowest BCUT2D eigenvalue weighted by Crippen LogP contribution is -2.31. The lowest BCUT2D eigenvalue weighted by atomic mass is 10.3. The Morgan fingerprint density at radius 1 is 1.25 bits per heavy atom. The summed E-state index contributed by atoms with van der Waals surface area (Å²) in [6.07, 6.45) is 0. The Hall–Kier alpha value is -1.00. The SMILES string of the molecule is S=c1[nH][n+](-c2ccccc2)cs1. The van der Waals surface area contributed by atoms with Crippen LogP contribution < -0.4 is 4.68 Å². The lowest BCUT2D eigenvalue weighted by Gasteiger charge is -1.86. The van der Waals surface area contributed by atoms with Crippen LogP contribution in [-0.2, 0) is 0 Å². The van der Waals surface area contributed by atoms with E-state index in [0.29, 0.717) is 0 Å². The Morgan fingerprint density at radius 3 is 2.58 bits per heavy atom. The summed E-state index contributed by atoms with van der Waals surface area (Å²) in [4.78, 5) is 0. The van der Waals surface area contributed by atoms with Crippen molar-refractivity contribution >= 4 is 23.6 Å². The van der Waals surface area contributed by atoms with Crippen LogP contribution in [0.2, 0.25) is 0 Å². The fourth-order valence-electron chi connectivity index (χ4n) is 0.966. The average Bonchev–Trinajstić information content (AvgIpc) is 2.54. The monoisotopic (exact) mass is 195 g/mol. The van der Waals surface area contributed by atoms with Crippen LogP contribution in [0.3, 0.4) is 0 Å². The summed E-state index contributed by atoms with van der Waals surface area (Å²) in [6.45, 7) is 0. The largest absolute Gasteiger partial charge is 0.258 e. The van der Waals surface area contributed by atoms with E-state index in [0.717, 1.165) is 9.64 Å². The Kier molecular flexibility index (Phi) is 2.01. The van der Waals surface area contributed by atoms with Gasteiger partial charge >= 0.3 is 0 Å². The first kappa shape index (κ1) is 7.64. The van der Waals surface area contributed by atoms with Crippen molar-refractivity contribution in [1.29, 1.82) is 0 Å². The second kappa shape index (κ2) is 3.16. The molecule has 60 valence electrons. The number of benzene rings is 1. The van der Waals surface area contributed by atoms with E-state index in [9.17, 15) is 0 Å². The molecule has 0 saturated carbocycles. The number of rotatable bonds is 1. The summed E-state index contributed by atoms with van der Waals surface area (Å²) in [6, 6.07) is 10.0. The predicted octanol–water partition coefficient (Wildman–Crippen LogP) is 2.08. The van der Waals surface area contributed by atoms with Crippen LogP contribution in [0.1, 0.15) is 0 Å². The van der Waals surface area contributed by atoms with Crippen molar-refractivity contribution in [3.8, 4) is 5.69 Å². The van der Waals surface area contributed by atoms with Gasteiger partial charge in [0.25, 0.3) is 5.51 Å². The number of nitrogens with zero attached hydrogens (tertiary/aromatic N) is 1. The summed E-state index contributed by atoms with van der Waals surface area (Å²) in [5.74, 6) is 0. The van der Waals surface area contributed by atoms with E-state index in [2.05, 4.69) is 5.10 Å². The molecule has 1 aromatic heterocycles. The Bertz CT molecular complexity index is 416. The molecule has 0 bridgehead atoms. The first-order valence-electron chi connectivity index (χ1n) is 3.51. The minimum absolute atomic E-state index is 0.791. The first-order valence-corrected chi connectivity index (χ1v) is 4.80. The lowest BCUT2D eigenvalue weighted by molar-refractivity contribution is -0.654. The van der Waals surface area contributed by atoms with Gasteiger partial charge in [-0.05, 0) is 23.6 Å². The Labute approximate surface area is 79.1 Å². The molecule has 0 fully saturated rings. The van der Waals surface area contributed by atoms with Crippen molar-refractivity contribution in [2.45, 2.75) is 0 Å². The van der Waals surface area contributed by atoms with Crippen molar-refractivity contribution < 1.29 is 4.68 Å². The maximum Gasteiger partial charge on any atom is 0.258 e. The van der Waals surface area contributed by atoms with Gasteiger partial charge in [0.2, 0.25) is 9.64 Å². The number of H-pyrrole nitrogens is 1. The van der Waals surface area contributed by atoms with Gasteiger partial charge in [0.05, 0.1) is 0 Å². The first-order chi connectivity index (χ1) is 5.86. The zero-order valence-corrected chi connectivity index (χ0v) is 7.86. The van der Waals surface area contributed by atoms with E-state index < -0.39 is 0 Å². The summed E-state index contributed by atoms with van der Waals surface area (Å²) in [5.41, 5.74) is 3.06. The quantitative estimate of drug-likeness (QED) is 0.545. The van der Waals surface area contributed by atoms with Crippen molar-refractivity contribution in [1.82, 2.24) is 5.10 Å². The molecule has 4 heteroatoms. The van der Waals surface area contributed by atoms with Crippen LogP contribution in [-0.4, -0.2) is 5.10 Å². The number of para-hydroxylation sites is 1. The van der Waals surface area contributed by atoms with E-state index in [1.165, 1.54) is 11.3 Å². The molecule has 1 N–H and O–H groups in total. The van der Waals surface area contributed by atoms with Gasteiger partial charge in [-0.1, -0.05) is 22.9 Å². The van der Waals surface area contributed by atoms with Gasteiger partial charge in [-0.15, -0.1) is 5.10 Å². The molecule has 0 unspecified atom stereocenters. The Morgan fingerprint density at radius 2 is 2.00 bits per heavy atom. The zero-order chi connectivity index (χ0) is 8.39. The molecule has 1 heterocycles. The summed E-state index contributed by atoms with van der Waals surface area (Å²) < 4.78 is 2.70. The summed E-state index contributed by atoms with van der Waals surface area (Å²) in [5, 5.41) is 3.04. The van der Waals surface area contributed by atoms with Gasteiger partial charge in [0.15, 0.2) is 0 Å². The molecule has 0 atom stereocenters. The summed E-state index contributed by atoms with van der Waals surface area (Å²) in [7, 11) is 0. The second-order valence-corrected chi connectivity index (χ2v) is 3.85. The molecule has 0 spiro atoms. The van der Waals surface area contributed by atoms with Crippen LogP contribution in [0.5, 0.6) is 0 Å². The molecule has 12 heavy (non-hydrogen) atoms. The summed E-state index contributed by atoms with van der Waals surface area (Å²) >= 11 is 6.50. The molecular weight excluding hydrogens is 188 g/mol. The van der Waals surface area contributed by atoms with Gasteiger partial charge in [-0.25, -0.2) is 0 Å². The van der Waals surface area contributed by atoms with Crippen LogP contribution in [0.25, 0.3) is 5.69 Å². The van der Waals surface area contributed by atoms with Crippen LogP contribution in [0, 0.1) is 3.95 Å². The van der Waals surface area contributed by atoms with Crippen LogP contribution in [0.4, 0.5) is 0 Å². The third-order valence-corrected chi connectivity index (χ3v) is 2.51. The molecule has 0 saturated heterocycles. The van der Waals surface area contributed by atoms with Crippen molar-refractivity contribution in [3.05, 3.63) is 39.8 Å². The molecule has 2 rings (SSSR count). The van der Waals surface area contributed by atoms with Crippen molar-refractivity contribution in [2.75, 3.05) is 0 Å². The van der Waals surface area contributed by atoms with E-state index >= 15 is 0 Å². The number of hydrogen-bond donors (Lipinski definition) is 1. The molecule has 0 aliphatic rings. The Balaban J connectivity index is 2.51. The highest BCUT2D eigenvalue weighted by atomic mass is 32.1. The van der Waals surface area contributed by atoms with Crippen molar-refractivity contribution in [3.63, 3.8) is 0 Å². The van der Waals surface area contributed by atoms with Gasteiger partial charge < -0.3 is 0 Å². The van der Waals surface area contributed by atoms with Crippen LogP contribution >= 0.6 is 23.6 Å². The maximum atomic E-state index is 4.97. The number of hydrogen-bond acceptors (Lipinski definition) is 2. The normalized spacial score (nSPS) is 10.0. The molecule has 0 aliphatic carbocycles. The number of aromatic amines is 1. The van der Waals surface area contributed by atoms with E-state index in [-0.39, 0.29) is 0 Å². The van der Waals surface area contributed by atoms with Gasteiger partial charge in [0, 0.05) is 12.1 Å². The zero-order valence-electron chi connectivity index (χ0n) is 6.23. The third-order valence-electron chi connectivity index (χ3n) is 1.51. The molecule has 0 aliphatic heterocycles. The standard InChI is InChI=1S/C8H6N2S2/c11-8-9-10(6-12-8)7-4-2-1-3-5-7/h1-6H/p+1. The predicted molar refractivity (Wildman–Crippen MR) is 51.0 cm³/mol. The highest BCUT2D eigenvalue weighted by Crippen LogP contribution is 1.98. The third kappa shape index (κ3) is 1.44. The second-order valence-electron chi connectivity index (χ2n) is 2.33. The average molecular weight is 195 g/mol. The van der Waals surface area contributed by atoms with Gasteiger partial charge in [-0.3, -0.25) is 0 Å². The topological polar surface area (TPSA) is 19.7 Å². The fourth-order valence-corrected chi connectivity index (χ4v) is 1.72. The van der Waals surface area contributed by atoms with E-state index in [1.54, 1.807) is 0 Å². The number of aromatic nitrogens is 2. The van der Waals surface area contributed by atoms with E-state index in [1.807, 2.05) is 40.5 Å². The van der Waals surface area contributed by atoms with Crippen LogP contribution in [0.15, 0.2) is 35.8 Å². The maximum absolute atomic E-state index is 4.97. The van der Waals surface area contributed by atoms with E-state index in [4.69, 9.17) is 12.2 Å². The molecule has 2 aromatic rings. The minimum Gasteiger partial charge on any atom is -0.138 e. The highest BCUT2D eigenvalue weighted by Gasteiger charge is 2.04. The molecular formula is C8H7N2S2+. The number of nitrogens with one attached hydrogen (secondary N) is 1. The molecule has 0 radical (unpaired) electrons. The van der Waals surface area contributed by atoms with Gasteiger partial charge in [-0.2, -0.15) is 0 Å². The molecule has 2 nitrogen and oxygen atoms in total. The minimum atomic E-state index is 0.791. The van der Waals surface area contributed by atoms with Gasteiger partial charge in [0.1, 0.15) is 0 Å². The molecule has 0 amide bonds. The van der Waals surface area contributed by atoms with Crippen molar-refractivity contribution in [2.24, 2.45) is 0 Å². The smallest absolute Gasteiger partial charge is 0.138 e.